The van der Waals surface area contributed by atoms with E-state index in [-0.39, 0.29) is 5.97 Å². The molecular formula is C14H16BrN5O3. The van der Waals surface area contributed by atoms with Gasteiger partial charge in [-0.3, -0.25) is 4.68 Å². The van der Waals surface area contributed by atoms with Crippen LogP contribution in [0.4, 0.5) is 11.6 Å². The minimum atomic E-state index is -0.775. The predicted octanol–water partition coefficient (Wildman–Crippen LogP) is 2.16. The maximum absolute atomic E-state index is 11.9. The van der Waals surface area contributed by atoms with Gasteiger partial charge in [-0.05, 0) is 29.8 Å². The van der Waals surface area contributed by atoms with Crippen LogP contribution in [0.15, 0.2) is 16.9 Å². The summed E-state index contributed by atoms with van der Waals surface area (Å²) in [6.07, 6.45) is 3.96. The van der Waals surface area contributed by atoms with Gasteiger partial charge in [-0.25, -0.2) is 9.78 Å². The first-order valence-electron chi connectivity index (χ1n) is 7.01. The van der Waals surface area contributed by atoms with E-state index in [9.17, 15) is 4.79 Å². The van der Waals surface area contributed by atoms with Crippen molar-refractivity contribution >= 4 is 33.5 Å². The maximum Gasteiger partial charge on any atom is 0.333 e. The van der Waals surface area contributed by atoms with Gasteiger partial charge in [0.1, 0.15) is 0 Å². The smallest absolute Gasteiger partial charge is 0.333 e. The molecular weight excluding hydrogens is 366 g/mol. The Kier molecular flexibility index (Phi) is 3.97. The molecule has 8 nitrogen and oxygen atoms in total. The molecule has 1 saturated heterocycles. The molecule has 3 rings (SSSR count). The van der Waals surface area contributed by atoms with Gasteiger partial charge in [0.2, 0.25) is 11.8 Å². The number of rotatable bonds is 4. The molecule has 0 spiro atoms. The van der Waals surface area contributed by atoms with Gasteiger partial charge < -0.3 is 14.8 Å². The third-order valence-electron chi connectivity index (χ3n) is 3.82. The number of nitrogens with one attached hydrogen (secondary N) is 1. The highest BCUT2D eigenvalue weighted by Gasteiger charge is 2.43. The van der Waals surface area contributed by atoms with Crippen molar-refractivity contribution in [3.8, 4) is 5.88 Å². The molecule has 2 aromatic rings. The molecule has 2 aromatic heterocycles. The normalized spacial score (nSPS) is 20.4. The molecule has 1 N–H and O–H groups in total. The van der Waals surface area contributed by atoms with Crippen molar-refractivity contribution in [3.05, 3.63) is 22.6 Å². The summed E-state index contributed by atoms with van der Waals surface area (Å²) in [7, 11) is 1.53. The molecule has 0 bridgehead atoms. The van der Waals surface area contributed by atoms with Gasteiger partial charge in [0, 0.05) is 6.42 Å². The van der Waals surface area contributed by atoms with Crippen LogP contribution in [0, 0.1) is 6.92 Å². The van der Waals surface area contributed by atoms with Crippen LogP contribution in [0.25, 0.3) is 0 Å². The fourth-order valence-corrected chi connectivity index (χ4v) is 2.67. The number of aryl methyl sites for hydroxylation is 1. The minimum absolute atomic E-state index is 0.270. The fraction of sp³-hybridized carbons (Fsp3) is 0.429. The Balaban J connectivity index is 1.89. The summed E-state index contributed by atoms with van der Waals surface area (Å²) in [5.74, 6) is 0.541. The average molecular weight is 382 g/mol. The maximum atomic E-state index is 11.9. The second-order valence-corrected chi connectivity index (χ2v) is 6.26. The lowest BCUT2D eigenvalue weighted by molar-refractivity contribution is -0.145. The molecule has 0 saturated carbocycles. The standard InChI is InChI=1S/C14H16BrN5O3/c1-8-10(17-13-16-6-9(15)11(18-13)22-3)7-20(19-8)14(2)4-5-23-12(14)21/h6-7H,4-5H2,1-3H3,(H,16,17,18)/t14-/m0/s1. The van der Waals surface area contributed by atoms with E-state index in [1.807, 2.05) is 13.8 Å². The number of cyclic esters (lactones) is 1. The van der Waals surface area contributed by atoms with Crippen molar-refractivity contribution in [3.63, 3.8) is 0 Å². The van der Waals surface area contributed by atoms with Crippen molar-refractivity contribution in [2.45, 2.75) is 25.8 Å². The number of ether oxygens (including phenoxy) is 2. The van der Waals surface area contributed by atoms with E-state index >= 15 is 0 Å². The molecule has 1 fully saturated rings. The average Bonchev–Trinajstić information content (AvgIpc) is 3.06. The second kappa shape index (κ2) is 5.80. The van der Waals surface area contributed by atoms with E-state index < -0.39 is 5.54 Å². The number of halogens is 1. The first-order chi connectivity index (χ1) is 10.9. The number of carbonyl (C=O) groups excluding carboxylic acids is 1. The van der Waals surface area contributed by atoms with Crippen LogP contribution in [0.1, 0.15) is 19.0 Å². The highest BCUT2D eigenvalue weighted by atomic mass is 79.9. The molecule has 0 unspecified atom stereocenters. The van der Waals surface area contributed by atoms with Crippen molar-refractivity contribution < 1.29 is 14.3 Å². The van der Waals surface area contributed by atoms with E-state index in [0.717, 1.165) is 11.4 Å². The largest absolute Gasteiger partial charge is 0.480 e. The van der Waals surface area contributed by atoms with Crippen LogP contribution in [-0.2, 0) is 15.1 Å². The zero-order valence-corrected chi connectivity index (χ0v) is 14.5. The summed E-state index contributed by atoms with van der Waals surface area (Å²) in [6.45, 7) is 4.07. The van der Waals surface area contributed by atoms with Crippen LogP contribution < -0.4 is 10.1 Å². The van der Waals surface area contributed by atoms with Gasteiger partial charge in [-0.15, -0.1) is 0 Å². The number of anilines is 2. The number of esters is 1. The quantitative estimate of drug-likeness (QED) is 0.811. The van der Waals surface area contributed by atoms with Crippen LogP contribution in [0.3, 0.4) is 0 Å². The molecule has 3 heterocycles. The Bertz CT molecular complexity index is 763. The second-order valence-electron chi connectivity index (χ2n) is 5.41. The van der Waals surface area contributed by atoms with E-state index in [4.69, 9.17) is 9.47 Å². The van der Waals surface area contributed by atoms with Crippen LogP contribution in [0.2, 0.25) is 0 Å². The Hall–Kier alpha value is -2.16. The Morgan fingerprint density at radius 3 is 2.96 bits per heavy atom. The number of methoxy groups -OCH3 is 1. The lowest BCUT2D eigenvalue weighted by atomic mass is 10.0. The van der Waals surface area contributed by atoms with E-state index in [1.165, 1.54) is 7.11 Å². The molecule has 122 valence electrons. The van der Waals surface area contributed by atoms with E-state index in [2.05, 4.69) is 36.3 Å². The van der Waals surface area contributed by atoms with Crippen molar-refractivity contribution in [2.24, 2.45) is 0 Å². The Morgan fingerprint density at radius 2 is 2.30 bits per heavy atom. The molecule has 23 heavy (non-hydrogen) atoms. The van der Waals surface area contributed by atoms with Crippen molar-refractivity contribution in [1.29, 1.82) is 0 Å². The van der Waals surface area contributed by atoms with E-state index in [1.54, 1.807) is 17.1 Å². The molecule has 0 amide bonds. The lowest BCUT2D eigenvalue weighted by Gasteiger charge is -2.19. The Labute approximate surface area is 141 Å². The summed E-state index contributed by atoms with van der Waals surface area (Å²) >= 11 is 3.31. The summed E-state index contributed by atoms with van der Waals surface area (Å²) in [5, 5.41) is 7.52. The van der Waals surface area contributed by atoms with Gasteiger partial charge in [0.15, 0.2) is 5.54 Å². The highest BCUT2D eigenvalue weighted by Crippen LogP contribution is 2.30. The third kappa shape index (κ3) is 2.76. The topological polar surface area (TPSA) is 91.2 Å². The van der Waals surface area contributed by atoms with Gasteiger partial charge in [0.05, 0.1) is 42.0 Å². The summed E-state index contributed by atoms with van der Waals surface area (Å²) < 4.78 is 12.5. The molecule has 9 heteroatoms. The molecule has 0 aromatic carbocycles. The number of aromatic nitrogens is 4. The monoisotopic (exact) mass is 381 g/mol. The molecule has 1 aliphatic heterocycles. The zero-order chi connectivity index (χ0) is 16.6. The van der Waals surface area contributed by atoms with Gasteiger partial charge in [-0.2, -0.15) is 10.1 Å². The van der Waals surface area contributed by atoms with E-state index in [0.29, 0.717) is 29.3 Å². The summed E-state index contributed by atoms with van der Waals surface area (Å²) in [5.41, 5.74) is 0.676. The third-order valence-corrected chi connectivity index (χ3v) is 4.36. The predicted molar refractivity (Wildman–Crippen MR) is 85.8 cm³/mol. The molecule has 1 atom stereocenters. The SMILES string of the molecule is COc1nc(Nc2cn([C@@]3(C)CCOC3=O)nc2C)ncc1Br. The van der Waals surface area contributed by atoms with Crippen LogP contribution in [-0.4, -0.2) is 39.4 Å². The van der Waals surface area contributed by atoms with Gasteiger partial charge in [-0.1, -0.05) is 0 Å². The first-order valence-corrected chi connectivity index (χ1v) is 7.81. The summed E-state index contributed by atoms with van der Waals surface area (Å²) in [4.78, 5) is 20.4. The minimum Gasteiger partial charge on any atom is -0.480 e. The van der Waals surface area contributed by atoms with Crippen molar-refractivity contribution in [2.75, 3.05) is 19.0 Å². The van der Waals surface area contributed by atoms with Crippen LogP contribution >= 0.6 is 15.9 Å². The number of carbonyl (C=O) groups is 1. The highest BCUT2D eigenvalue weighted by molar-refractivity contribution is 9.10. The zero-order valence-electron chi connectivity index (χ0n) is 13.0. The fourth-order valence-electron chi connectivity index (χ4n) is 2.32. The number of nitrogens with zero attached hydrogens (tertiary/aromatic N) is 4. The number of hydrogen-bond acceptors (Lipinski definition) is 7. The van der Waals surface area contributed by atoms with Crippen LogP contribution in [0.5, 0.6) is 5.88 Å². The van der Waals surface area contributed by atoms with Gasteiger partial charge in [0.25, 0.3) is 0 Å². The van der Waals surface area contributed by atoms with Crippen molar-refractivity contribution in [1.82, 2.24) is 19.7 Å². The van der Waals surface area contributed by atoms with Gasteiger partial charge >= 0.3 is 5.97 Å². The molecule has 0 radical (unpaired) electrons. The molecule has 1 aliphatic rings. The molecule has 0 aliphatic carbocycles. The Morgan fingerprint density at radius 1 is 1.52 bits per heavy atom. The first kappa shape index (κ1) is 15.7. The lowest BCUT2D eigenvalue weighted by Crippen LogP contribution is -2.35. The number of hydrogen-bond donors (Lipinski definition) is 1. The summed E-state index contributed by atoms with van der Waals surface area (Å²) in [6, 6.07) is 0.